The van der Waals surface area contributed by atoms with Crippen LogP contribution < -0.4 is 0 Å². The van der Waals surface area contributed by atoms with Crippen molar-refractivity contribution in [3.8, 4) is 0 Å². The van der Waals surface area contributed by atoms with Crippen LogP contribution in [0.2, 0.25) is 0 Å². The Kier molecular flexibility index (Phi) is 5.07. The van der Waals surface area contributed by atoms with E-state index in [0.717, 1.165) is 13.0 Å². The smallest absolute Gasteiger partial charge is 0.214 e. The van der Waals surface area contributed by atoms with Gasteiger partial charge in [0.15, 0.2) is 0 Å². The van der Waals surface area contributed by atoms with E-state index >= 15 is 0 Å². The van der Waals surface area contributed by atoms with Gasteiger partial charge in [0.2, 0.25) is 10.0 Å². The van der Waals surface area contributed by atoms with Gasteiger partial charge in [-0.1, -0.05) is 0 Å². The largest absolute Gasteiger partial charge is 0.377 e. The molecule has 2 heterocycles. The van der Waals surface area contributed by atoms with Crippen LogP contribution in [0.3, 0.4) is 0 Å². The number of hydrogen-bond donors (Lipinski definition) is 0. The van der Waals surface area contributed by atoms with Gasteiger partial charge in [0, 0.05) is 19.6 Å². The molecule has 20 heavy (non-hydrogen) atoms. The van der Waals surface area contributed by atoms with Crippen molar-refractivity contribution in [1.29, 1.82) is 0 Å². The molecule has 6 nitrogen and oxygen atoms in total. The van der Waals surface area contributed by atoms with Crippen LogP contribution in [0.5, 0.6) is 0 Å². The van der Waals surface area contributed by atoms with Gasteiger partial charge >= 0.3 is 0 Å². The molecule has 0 aliphatic carbocycles. The highest BCUT2D eigenvalue weighted by Gasteiger charge is 2.45. The number of nitrogens with zero attached hydrogens (tertiary/aromatic N) is 2. The first kappa shape index (κ1) is 16.2. The lowest BCUT2D eigenvalue weighted by Gasteiger charge is -2.30. The lowest BCUT2D eigenvalue weighted by Crippen LogP contribution is -2.46. The first-order valence-corrected chi connectivity index (χ1v) is 8.82. The Morgan fingerprint density at radius 2 is 2.15 bits per heavy atom. The molecule has 118 valence electrons. The van der Waals surface area contributed by atoms with Crippen LogP contribution in [-0.2, 0) is 19.5 Å². The van der Waals surface area contributed by atoms with E-state index in [1.165, 1.54) is 4.31 Å². The number of hydrogen-bond acceptors (Lipinski definition) is 5. The standard InChI is InChI=1S/C13H26N2O4S/c1-4-20(16,17)15-5-6-18-11-13(10-15)7-12(9-19-13)8-14(2)3/h12H,4-11H2,1-3H3/t12-,13+/m0/s1. The second-order valence-electron chi connectivity index (χ2n) is 6.11. The summed E-state index contributed by atoms with van der Waals surface area (Å²) < 4.78 is 37.4. The molecule has 0 aromatic carbocycles. The fraction of sp³-hybridized carbons (Fsp3) is 1.00. The van der Waals surface area contributed by atoms with E-state index in [1.807, 2.05) is 14.1 Å². The maximum absolute atomic E-state index is 12.1. The Balaban J connectivity index is 2.07. The number of sulfonamides is 1. The number of ether oxygens (including phenoxy) is 2. The summed E-state index contributed by atoms with van der Waals surface area (Å²) in [4.78, 5) is 2.14. The van der Waals surface area contributed by atoms with Crippen molar-refractivity contribution in [2.75, 3.05) is 59.3 Å². The van der Waals surface area contributed by atoms with Gasteiger partial charge in [-0.2, -0.15) is 4.31 Å². The third-order valence-corrected chi connectivity index (χ3v) is 5.81. The minimum atomic E-state index is -3.19. The molecule has 2 atom stereocenters. The minimum Gasteiger partial charge on any atom is -0.377 e. The topological polar surface area (TPSA) is 59.1 Å². The minimum absolute atomic E-state index is 0.129. The predicted molar refractivity (Wildman–Crippen MR) is 77.2 cm³/mol. The van der Waals surface area contributed by atoms with Crippen molar-refractivity contribution >= 4 is 10.0 Å². The number of rotatable bonds is 4. The van der Waals surface area contributed by atoms with Crippen LogP contribution in [0.15, 0.2) is 0 Å². The Bertz CT molecular complexity index is 426. The van der Waals surface area contributed by atoms with Crippen LogP contribution in [0, 0.1) is 5.92 Å². The molecule has 0 unspecified atom stereocenters. The summed E-state index contributed by atoms with van der Waals surface area (Å²) in [7, 11) is 0.903. The van der Waals surface area contributed by atoms with Gasteiger partial charge in [-0.15, -0.1) is 0 Å². The molecule has 0 aromatic heterocycles. The lowest BCUT2D eigenvalue weighted by atomic mass is 9.94. The molecular weight excluding hydrogens is 280 g/mol. The van der Waals surface area contributed by atoms with Crippen LogP contribution in [0.1, 0.15) is 13.3 Å². The summed E-state index contributed by atoms with van der Waals surface area (Å²) in [5.74, 6) is 0.572. The SMILES string of the molecule is CCS(=O)(=O)N1CCOC[C@@]2(C[C@@H](CN(C)C)CO2)C1. The van der Waals surface area contributed by atoms with Gasteiger partial charge in [-0.25, -0.2) is 8.42 Å². The fourth-order valence-electron chi connectivity index (χ4n) is 3.07. The maximum atomic E-state index is 12.1. The highest BCUT2D eigenvalue weighted by atomic mass is 32.2. The zero-order valence-electron chi connectivity index (χ0n) is 12.7. The molecule has 2 aliphatic heterocycles. The molecule has 2 rings (SSSR count). The summed E-state index contributed by atoms with van der Waals surface area (Å²) in [6.07, 6.45) is 0.862. The fourth-order valence-corrected chi connectivity index (χ4v) is 4.22. The summed E-state index contributed by atoms with van der Waals surface area (Å²) in [6, 6.07) is 0. The first-order valence-electron chi connectivity index (χ1n) is 7.21. The molecule has 2 saturated heterocycles. The van der Waals surface area contributed by atoms with Gasteiger partial charge in [0.1, 0.15) is 5.60 Å². The highest BCUT2D eigenvalue weighted by molar-refractivity contribution is 7.89. The van der Waals surface area contributed by atoms with Gasteiger partial charge in [0.25, 0.3) is 0 Å². The van der Waals surface area contributed by atoms with Crippen molar-refractivity contribution in [1.82, 2.24) is 9.21 Å². The van der Waals surface area contributed by atoms with Crippen LogP contribution in [0.25, 0.3) is 0 Å². The Hall–Kier alpha value is -0.210. The van der Waals surface area contributed by atoms with Crippen LogP contribution in [0.4, 0.5) is 0 Å². The Labute approximate surface area is 122 Å². The van der Waals surface area contributed by atoms with Crippen molar-refractivity contribution in [3.63, 3.8) is 0 Å². The van der Waals surface area contributed by atoms with E-state index in [-0.39, 0.29) is 5.75 Å². The van der Waals surface area contributed by atoms with Gasteiger partial charge in [-0.3, -0.25) is 0 Å². The van der Waals surface area contributed by atoms with Crippen molar-refractivity contribution in [2.45, 2.75) is 18.9 Å². The summed E-state index contributed by atoms with van der Waals surface area (Å²) >= 11 is 0. The van der Waals surface area contributed by atoms with E-state index in [9.17, 15) is 8.42 Å². The molecule has 7 heteroatoms. The molecule has 0 aromatic rings. The average Bonchev–Trinajstić information content (AvgIpc) is 2.62. The van der Waals surface area contributed by atoms with Gasteiger partial charge in [-0.05, 0) is 33.4 Å². The van der Waals surface area contributed by atoms with E-state index in [1.54, 1.807) is 6.92 Å². The van der Waals surface area contributed by atoms with E-state index in [4.69, 9.17) is 9.47 Å². The van der Waals surface area contributed by atoms with Crippen molar-refractivity contribution in [3.05, 3.63) is 0 Å². The quantitative estimate of drug-likeness (QED) is 0.732. The predicted octanol–water partition coefficient (Wildman–Crippen LogP) is 0.00520. The van der Waals surface area contributed by atoms with E-state index in [2.05, 4.69) is 4.90 Å². The monoisotopic (exact) mass is 306 g/mol. The maximum Gasteiger partial charge on any atom is 0.214 e. The zero-order chi connectivity index (χ0) is 14.8. The third kappa shape index (κ3) is 3.71. The average molecular weight is 306 g/mol. The second-order valence-corrected chi connectivity index (χ2v) is 8.37. The summed E-state index contributed by atoms with van der Waals surface area (Å²) in [5, 5.41) is 0. The molecule has 2 fully saturated rings. The van der Waals surface area contributed by atoms with Crippen LogP contribution in [-0.4, -0.2) is 82.5 Å². The lowest BCUT2D eigenvalue weighted by molar-refractivity contribution is -0.0512. The molecular formula is C13H26N2O4S. The van der Waals surface area contributed by atoms with E-state index < -0.39 is 15.6 Å². The highest BCUT2D eigenvalue weighted by Crippen LogP contribution is 2.33. The molecule has 0 radical (unpaired) electrons. The molecule has 0 bridgehead atoms. The van der Waals surface area contributed by atoms with Gasteiger partial charge in [0.05, 0.1) is 25.6 Å². The third-order valence-electron chi connectivity index (χ3n) is 3.98. The molecule has 0 amide bonds. The Morgan fingerprint density at radius 3 is 2.80 bits per heavy atom. The van der Waals surface area contributed by atoms with Crippen molar-refractivity contribution in [2.24, 2.45) is 5.92 Å². The van der Waals surface area contributed by atoms with E-state index in [0.29, 0.717) is 38.8 Å². The first-order chi connectivity index (χ1) is 9.37. The summed E-state index contributed by atoms with van der Waals surface area (Å²) in [6.45, 7) is 5.12. The zero-order valence-corrected chi connectivity index (χ0v) is 13.5. The van der Waals surface area contributed by atoms with Crippen molar-refractivity contribution < 1.29 is 17.9 Å². The van der Waals surface area contributed by atoms with Gasteiger partial charge < -0.3 is 14.4 Å². The van der Waals surface area contributed by atoms with Crippen LogP contribution >= 0.6 is 0 Å². The second kappa shape index (κ2) is 6.27. The molecule has 2 aliphatic rings. The molecule has 0 saturated carbocycles. The normalized spacial score (nSPS) is 32.9. The summed E-state index contributed by atoms with van der Waals surface area (Å²) in [5.41, 5.74) is -0.459. The molecule has 0 N–H and O–H groups in total. The Morgan fingerprint density at radius 1 is 1.40 bits per heavy atom. The molecule has 1 spiro atoms.